The van der Waals surface area contributed by atoms with Gasteiger partial charge in [-0.25, -0.2) is 4.39 Å². The lowest BCUT2D eigenvalue weighted by molar-refractivity contribution is -0.333. The molecule has 1 heterocycles. The molecular weight excluding hydrogens is 252 g/mol. The molecule has 0 amide bonds. The molecule has 1 fully saturated rings. The van der Waals surface area contributed by atoms with Crippen LogP contribution in [0.4, 0.5) is 17.6 Å². The van der Waals surface area contributed by atoms with Gasteiger partial charge in [0.1, 0.15) is 5.92 Å². The van der Waals surface area contributed by atoms with Gasteiger partial charge in [0, 0.05) is 18.9 Å². The number of hydrogen-bond acceptors (Lipinski definition) is 2. The number of ether oxygens (including phenoxy) is 2. The van der Waals surface area contributed by atoms with Crippen molar-refractivity contribution >= 4 is 0 Å². The van der Waals surface area contributed by atoms with Crippen LogP contribution < -0.4 is 0 Å². The van der Waals surface area contributed by atoms with E-state index in [0.717, 1.165) is 6.92 Å². The maximum Gasteiger partial charge on any atom is 0.397 e. The lowest BCUT2D eigenvalue weighted by Gasteiger charge is -2.34. The first-order valence-electron chi connectivity index (χ1n) is 6.21. The van der Waals surface area contributed by atoms with Gasteiger partial charge in [0.25, 0.3) is 0 Å². The van der Waals surface area contributed by atoms with Gasteiger partial charge < -0.3 is 9.47 Å². The van der Waals surface area contributed by atoms with Crippen LogP contribution in [0.15, 0.2) is 0 Å². The Labute approximate surface area is 105 Å². The molecule has 0 N–H and O–H groups in total. The Kier molecular flexibility index (Phi) is 4.33. The zero-order valence-corrected chi connectivity index (χ0v) is 11.1. The summed E-state index contributed by atoms with van der Waals surface area (Å²) in [5, 5.41) is 0. The molecule has 0 bridgehead atoms. The first-order valence-corrected chi connectivity index (χ1v) is 6.21. The van der Waals surface area contributed by atoms with Crippen LogP contribution in [0.2, 0.25) is 0 Å². The van der Waals surface area contributed by atoms with Crippen LogP contribution in [0.3, 0.4) is 0 Å². The lowest BCUT2D eigenvalue weighted by atomic mass is 9.88. The smallest absolute Gasteiger partial charge is 0.350 e. The monoisotopic (exact) mass is 272 g/mol. The number of hydrogen-bond donors (Lipinski definition) is 0. The molecule has 1 aliphatic heterocycles. The predicted octanol–water partition coefficient (Wildman–Crippen LogP) is 4.05. The summed E-state index contributed by atoms with van der Waals surface area (Å²) in [4.78, 5) is 0. The quantitative estimate of drug-likeness (QED) is 0.719. The molecule has 0 aromatic rings. The minimum atomic E-state index is -4.63. The number of alkyl halides is 4. The second kappa shape index (κ2) is 4.96. The fourth-order valence-electron chi connectivity index (χ4n) is 2.44. The van der Waals surface area contributed by atoms with E-state index >= 15 is 0 Å². The second-order valence-corrected chi connectivity index (χ2v) is 4.87. The van der Waals surface area contributed by atoms with E-state index < -0.39 is 29.7 Å². The van der Waals surface area contributed by atoms with Gasteiger partial charge in [-0.05, 0) is 20.3 Å². The average molecular weight is 272 g/mol. The highest BCUT2D eigenvalue weighted by Gasteiger charge is 2.63. The summed E-state index contributed by atoms with van der Waals surface area (Å²) in [6.45, 7) is 5.94. The molecule has 1 saturated heterocycles. The van der Waals surface area contributed by atoms with E-state index in [1.807, 2.05) is 0 Å². The highest BCUT2D eigenvalue weighted by atomic mass is 19.4. The molecule has 0 aromatic carbocycles. The van der Waals surface area contributed by atoms with Crippen molar-refractivity contribution in [2.45, 2.75) is 58.4 Å². The normalized spacial score (nSPS) is 39.0. The van der Waals surface area contributed by atoms with E-state index in [4.69, 9.17) is 9.47 Å². The molecule has 108 valence electrons. The zero-order valence-electron chi connectivity index (χ0n) is 11.1. The van der Waals surface area contributed by atoms with Crippen molar-refractivity contribution < 1.29 is 27.0 Å². The van der Waals surface area contributed by atoms with Crippen LogP contribution in [-0.4, -0.2) is 24.4 Å². The van der Waals surface area contributed by atoms with E-state index in [0.29, 0.717) is 6.42 Å². The number of rotatable bonds is 4. The van der Waals surface area contributed by atoms with Crippen LogP contribution in [-0.2, 0) is 9.47 Å². The van der Waals surface area contributed by atoms with E-state index in [9.17, 15) is 17.6 Å². The Morgan fingerprint density at radius 3 is 2.33 bits per heavy atom. The first kappa shape index (κ1) is 15.7. The Balaban J connectivity index is 2.98. The van der Waals surface area contributed by atoms with Crippen LogP contribution in [0, 0.1) is 11.8 Å². The maximum atomic E-state index is 14.6. The summed E-state index contributed by atoms with van der Waals surface area (Å²) >= 11 is 0. The third kappa shape index (κ3) is 2.64. The second-order valence-electron chi connectivity index (χ2n) is 4.87. The van der Waals surface area contributed by atoms with Crippen molar-refractivity contribution in [3.05, 3.63) is 0 Å². The van der Waals surface area contributed by atoms with E-state index in [-0.39, 0.29) is 13.0 Å². The van der Waals surface area contributed by atoms with Gasteiger partial charge in [-0.3, -0.25) is 0 Å². The molecule has 6 heteroatoms. The molecule has 0 aliphatic carbocycles. The van der Waals surface area contributed by atoms with E-state index in [2.05, 4.69) is 0 Å². The Morgan fingerprint density at radius 2 is 1.94 bits per heavy atom. The van der Waals surface area contributed by atoms with Crippen molar-refractivity contribution in [1.82, 2.24) is 0 Å². The summed E-state index contributed by atoms with van der Waals surface area (Å²) in [5.74, 6) is -6.99. The van der Waals surface area contributed by atoms with Gasteiger partial charge in [0.05, 0.1) is 0 Å². The molecule has 18 heavy (non-hydrogen) atoms. The van der Waals surface area contributed by atoms with Crippen molar-refractivity contribution in [2.75, 3.05) is 6.61 Å². The predicted molar refractivity (Wildman–Crippen MR) is 58.6 cm³/mol. The topological polar surface area (TPSA) is 18.5 Å². The molecule has 1 aliphatic rings. The SMILES string of the molecule is CCOC1(CC)CC(C)C(F)(C(C)C(F)(F)F)O1. The fourth-order valence-corrected chi connectivity index (χ4v) is 2.44. The van der Waals surface area contributed by atoms with Crippen molar-refractivity contribution in [1.29, 1.82) is 0 Å². The fraction of sp³-hybridized carbons (Fsp3) is 1.00. The van der Waals surface area contributed by atoms with Crippen LogP contribution in [0.1, 0.15) is 40.5 Å². The van der Waals surface area contributed by atoms with Gasteiger partial charge in [0.15, 0.2) is 5.79 Å². The van der Waals surface area contributed by atoms with Gasteiger partial charge >= 0.3 is 6.18 Å². The molecule has 0 saturated carbocycles. The zero-order chi connectivity index (χ0) is 14.2. The molecule has 4 unspecified atom stereocenters. The largest absolute Gasteiger partial charge is 0.397 e. The molecule has 0 spiro atoms. The summed E-state index contributed by atoms with van der Waals surface area (Å²) in [7, 11) is 0. The highest BCUT2D eigenvalue weighted by Crippen LogP contribution is 2.52. The van der Waals surface area contributed by atoms with Gasteiger partial charge in [0.2, 0.25) is 5.85 Å². The molecule has 2 nitrogen and oxygen atoms in total. The minimum absolute atomic E-state index is 0.133. The molecule has 4 atom stereocenters. The highest BCUT2D eigenvalue weighted by molar-refractivity contribution is 4.95. The van der Waals surface area contributed by atoms with E-state index in [1.165, 1.54) is 6.92 Å². The third-order valence-electron chi connectivity index (χ3n) is 3.66. The summed E-state index contributed by atoms with van der Waals surface area (Å²) in [6, 6.07) is 0. The molecule has 0 radical (unpaired) electrons. The average Bonchev–Trinajstić information content (AvgIpc) is 2.51. The first-order chi connectivity index (χ1) is 8.11. The maximum absolute atomic E-state index is 14.6. The van der Waals surface area contributed by atoms with Crippen molar-refractivity contribution in [2.24, 2.45) is 11.8 Å². The molecular formula is C12H20F4O2. The standard InChI is InChI=1S/C12H20F4O2/c1-5-10(17-6-2)7-8(3)11(13,18-10)9(4)12(14,15)16/h8-9H,5-7H2,1-4H3. The number of halogens is 4. The van der Waals surface area contributed by atoms with E-state index in [1.54, 1.807) is 13.8 Å². The Hall–Kier alpha value is -0.360. The van der Waals surface area contributed by atoms with Crippen LogP contribution in [0.25, 0.3) is 0 Å². The van der Waals surface area contributed by atoms with Gasteiger partial charge in [-0.15, -0.1) is 0 Å². The third-order valence-corrected chi connectivity index (χ3v) is 3.66. The molecule has 1 rings (SSSR count). The van der Waals surface area contributed by atoms with Crippen molar-refractivity contribution in [3.63, 3.8) is 0 Å². The summed E-state index contributed by atoms with van der Waals surface area (Å²) in [5.41, 5.74) is 0. The molecule has 0 aromatic heterocycles. The lowest BCUT2D eigenvalue weighted by Crippen LogP contribution is -2.46. The van der Waals surface area contributed by atoms with Gasteiger partial charge in [-0.2, -0.15) is 13.2 Å². The summed E-state index contributed by atoms with van der Waals surface area (Å²) < 4.78 is 63.1. The van der Waals surface area contributed by atoms with Gasteiger partial charge in [-0.1, -0.05) is 13.8 Å². The minimum Gasteiger partial charge on any atom is -0.350 e. The Morgan fingerprint density at radius 1 is 1.39 bits per heavy atom. The van der Waals surface area contributed by atoms with Crippen molar-refractivity contribution in [3.8, 4) is 0 Å². The van der Waals surface area contributed by atoms with Crippen LogP contribution >= 0.6 is 0 Å². The summed E-state index contributed by atoms with van der Waals surface area (Å²) in [6.07, 6.45) is -4.17. The van der Waals surface area contributed by atoms with Crippen LogP contribution in [0.5, 0.6) is 0 Å². The Bertz CT molecular complexity index is 294.